The summed E-state index contributed by atoms with van der Waals surface area (Å²) >= 11 is 0. The number of amides is 1. The lowest BCUT2D eigenvalue weighted by molar-refractivity contribution is -0.145. The standard InChI is InChI=1S/C10H20N2O2/c1-4-9-6-14-7(2)5-12(9)10(13)8(3)11/h7-9H,4-6,11H2,1-3H3. The summed E-state index contributed by atoms with van der Waals surface area (Å²) in [5.41, 5.74) is 5.60. The third-order valence-corrected chi connectivity index (χ3v) is 2.61. The van der Waals surface area contributed by atoms with Gasteiger partial charge in [0, 0.05) is 6.54 Å². The lowest BCUT2D eigenvalue weighted by Gasteiger charge is -2.39. The van der Waals surface area contributed by atoms with Crippen LogP contribution in [0.5, 0.6) is 0 Å². The molecular formula is C10H20N2O2. The Kier molecular flexibility index (Phi) is 3.89. The Balaban J connectivity index is 2.65. The summed E-state index contributed by atoms with van der Waals surface area (Å²) in [6.07, 6.45) is 1.05. The molecule has 2 N–H and O–H groups in total. The van der Waals surface area contributed by atoms with Crippen molar-refractivity contribution in [1.82, 2.24) is 4.90 Å². The molecule has 1 amide bonds. The van der Waals surface area contributed by atoms with Crippen molar-refractivity contribution in [1.29, 1.82) is 0 Å². The molecule has 4 nitrogen and oxygen atoms in total. The van der Waals surface area contributed by atoms with E-state index in [1.165, 1.54) is 0 Å². The zero-order chi connectivity index (χ0) is 10.7. The smallest absolute Gasteiger partial charge is 0.239 e. The van der Waals surface area contributed by atoms with Crippen LogP contribution in [-0.4, -0.2) is 42.1 Å². The minimum absolute atomic E-state index is 0.0343. The van der Waals surface area contributed by atoms with Gasteiger partial charge in [-0.15, -0.1) is 0 Å². The monoisotopic (exact) mass is 200 g/mol. The number of carbonyl (C=O) groups excluding carboxylic acids is 1. The van der Waals surface area contributed by atoms with E-state index in [2.05, 4.69) is 6.92 Å². The number of hydrogen-bond acceptors (Lipinski definition) is 3. The van der Waals surface area contributed by atoms with Gasteiger partial charge in [-0.25, -0.2) is 0 Å². The maximum absolute atomic E-state index is 11.8. The highest BCUT2D eigenvalue weighted by Gasteiger charge is 2.30. The number of rotatable bonds is 2. The molecule has 0 aromatic rings. The Morgan fingerprint density at radius 3 is 2.86 bits per heavy atom. The molecule has 0 radical (unpaired) electrons. The highest BCUT2D eigenvalue weighted by Crippen LogP contribution is 2.15. The first-order valence-corrected chi connectivity index (χ1v) is 5.24. The summed E-state index contributed by atoms with van der Waals surface area (Å²) in [5.74, 6) is 0.0343. The van der Waals surface area contributed by atoms with E-state index >= 15 is 0 Å². The van der Waals surface area contributed by atoms with Gasteiger partial charge in [0.25, 0.3) is 0 Å². The quantitative estimate of drug-likeness (QED) is 0.700. The van der Waals surface area contributed by atoms with Gasteiger partial charge in [0.15, 0.2) is 0 Å². The zero-order valence-corrected chi connectivity index (χ0v) is 9.19. The number of morpholine rings is 1. The Morgan fingerprint density at radius 1 is 1.71 bits per heavy atom. The largest absolute Gasteiger partial charge is 0.375 e. The molecule has 1 saturated heterocycles. The van der Waals surface area contributed by atoms with Crippen molar-refractivity contribution >= 4 is 5.91 Å². The Morgan fingerprint density at radius 2 is 2.36 bits per heavy atom. The van der Waals surface area contributed by atoms with Crippen molar-refractivity contribution in [2.24, 2.45) is 5.73 Å². The van der Waals surface area contributed by atoms with Crippen LogP contribution in [-0.2, 0) is 9.53 Å². The molecule has 0 spiro atoms. The van der Waals surface area contributed by atoms with Crippen molar-refractivity contribution in [3.8, 4) is 0 Å². The van der Waals surface area contributed by atoms with Crippen molar-refractivity contribution in [3.05, 3.63) is 0 Å². The molecule has 1 fully saturated rings. The molecule has 14 heavy (non-hydrogen) atoms. The van der Waals surface area contributed by atoms with E-state index in [1.54, 1.807) is 6.92 Å². The summed E-state index contributed by atoms with van der Waals surface area (Å²) in [5, 5.41) is 0. The lowest BCUT2D eigenvalue weighted by Crippen LogP contribution is -2.55. The Hall–Kier alpha value is -0.610. The highest BCUT2D eigenvalue weighted by molar-refractivity contribution is 5.81. The second-order valence-electron chi connectivity index (χ2n) is 3.99. The van der Waals surface area contributed by atoms with Gasteiger partial charge in [0.05, 0.1) is 24.8 Å². The van der Waals surface area contributed by atoms with Crippen molar-refractivity contribution in [2.45, 2.75) is 45.4 Å². The fraction of sp³-hybridized carbons (Fsp3) is 0.900. The first-order valence-electron chi connectivity index (χ1n) is 5.24. The fourth-order valence-corrected chi connectivity index (χ4v) is 1.71. The molecule has 1 aliphatic heterocycles. The third kappa shape index (κ3) is 2.45. The zero-order valence-electron chi connectivity index (χ0n) is 9.19. The van der Waals surface area contributed by atoms with Gasteiger partial charge in [0.2, 0.25) is 5.91 Å². The number of nitrogens with zero attached hydrogens (tertiary/aromatic N) is 1. The van der Waals surface area contributed by atoms with Crippen molar-refractivity contribution in [2.75, 3.05) is 13.2 Å². The van der Waals surface area contributed by atoms with Crippen molar-refractivity contribution < 1.29 is 9.53 Å². The molecule has 0 aromatic carbocycles. The molecule has 0 bridgehead atoms. The van der Waals surface area contributed by atoms with Gasteiger partial charge in [-0.3, -0.25) is 4.79 Å². The summed E-state index contributed by atoms with van der Waals surface area (Å²) in [4.78, 5) is 13.6. The molecule has 4 heteroatoms. The number of hydrogen-bond donors (Lipinski definition) is 1. The number of nitrogens with two attached hydrogens (primary N) is 1. The van der Waals surface area contributed by atoms with E-state index in [4.69, 9.17) is 10.5 Å². The predicted molar refractivity (Wildman–Crippen MR) is 54.9 cm³/mol. The van der Waals surface area contributed by atoms with Crippen LogP contribution in [0.25, 0.3) is 0 Å². The van der Waals surface area contributed by atoms with Crippen LogP contribution in [0.4, 0.5) is 0 Å². The van der Waals surface area contributed by atoms with E-state index in [0.717, 1.165) is 6.42 Å². The van der Waals surface area contributed by atoms with Gasteiger partial charge < -0.3 is 15.4 Å². The minimum Gasteiger partial charge on any atom is -0.375 e. The second-order valence-corrected chi connectivity index (χ2v) is 3.99. The maximum Gasteiger partial charge on any atom is 0.239 e. The van der Waals surface area contributed by atoms with Gasteiger partial charge in [-0.2, -0.15) is 0 Å². The summed E-state index contributed by atoms with van der Waals surface area (Å²) in [6, 6.07) is -0.209. The second kappa shape index (κ2) is 4.75. The molecule has 0 aliphatic carbocycles. The summed E-state index contributed by atoms with van der Waals surface area (Å²) < 4.78 is 5.51. The molecule has 1 rings (SSSR count). The lowest BCUT2D eigenvalue weighted by atomic mass is 10.1. The molecular weight excluding hydrogens is 180 g/mol. The summed E-state index contributed by atoms with van der Waals surface area (Å²) in [6.45, 7) is 7.07. The molecule has 1 heterocycles. The van der Waals surface area contributed by atoms with Crippen LogP contribution >= 0.6 is 0 Å². The number of carbonyl (C=O) groups is 1. The molecule has 1 aliphatic rings. The Bertz CT molecular complexity index is 206. The van der Waals surface area contributed by atoms with Gasteiger partial charge in [0.1, 0.15) is 0 Å². The van der Waals surface area contributed by atoms with Crippen LogP contribution in [0.2, 0.25) is 0 Å². The SMILES string of the molecule is CCC1COC(C)CN1C(=O)C(C)N. The minimum atomic E-state index is -0.408. The van der Waals surface area contributed by atoms with Crippen LogP contribution in [0.1, 0.15) is 27.2 Å². The van der Waals surface area contributed by atoms with E-state index in [9.17, 15) is 4.79 Å². The van der Waals surface area contributed by atoms with E-state index in [-0.39, 0.29) is 18.1 Å². The van der Waals surface area contributed by atoms with Crippen molar-refractivity contribution in [3.63, 3.8) is 0 Å². The van der Waals surface area contributed by atoms with Gasteiger partial charge in [-0.1, -0.05) is 6.92 Å². The molecule has 3 unspecified atom stereocenters. The third-order valence-electron chi connectivity index (χ3n) is 2.61. The fourth-order valence-electron chi connectivity index (χ4n) is 1.71. The van der Waals surface area contributed by atoms with E-state index in [0.29, 0.717) is 13.2 Å². The van der Waals surface area contributed by atoms with Gasteiger partial charge >= 0.3 is 0 Å². The normalized spacial score (nSPS) is 30.1. The summed E-state index contributed by atoms with van der Waals surface area (Å²) in [7, 11) is 0. The van der Waals surface area contributed by atoms with E-state index < -0.39 is 6.04 Å². The first-order chi connectivity index (χ1) is 6.56. The molecule has 0 saturated carbocycles. The van der Waals surface area contributed by atoms with Crippen LogP contribution < -0.4 is 5.73 Å². The highest BCUT2D eigenvalue weighted by atomic mass is 16.5. The van der Waals surface area contributed by atoms with Gasteiger partial charge in [-0.05, 0) is 20.3 Å². The average Bonchev–Trinajstić information content (AvgIpc) is 2.16. The Labute approximate surface area is 85.4 Å². The molecule has 3 atom stereocenters. The van der Waals surface area contributed by atoms with Crippen LogP contribution in [0.3, 0.4) is 0 Å². The number of ether oxygens (including phenoxy) is 1. The topological polar surface area (TPSA) is 55.6 Å². The van der Waals surface area contributed by atoms with Crippen LogP contribution in [0.15, 0.2) is 0 Å². The first kappa shape index (κ1) is 11.5. The predicted octanol–water partition coefficient (Wildman–Crippen LogP) is 0.360. The average molecular weight is 200 g/mol. The van der Waals surface area contributed by atoms with Crippen LogP contribution in [0, 0.1) is 0 Å². The molecule has 82 valence electrons. The molecule has 0 aromatic heterocycles. The van der Waals surface area contributed by atoms with E-state index in [1.807, 2.05) is 11.8 Å². The maximum atomic E-state index is 11.8.